The van der Waals surface area contributed by atoms with Gasteiger partial charge >= 0.3 is 5.97 Å². The number of hydrogen-bond donors (Lipinski definition) is 1. The Morgan fingerprint density at radius 2 is 2.06 bits per heavy atom. The second kappa shape index (κ2) is 6.97. The van der Waals surface area contributed by atoms with Crippen molar-refractivity contribution in [2.75, 3.05) is 19.8 Å². The van der Waals surface area contributed by atoms with Crippen molar-refractivity contribution in [3.05, 3.63) is 0 Å². The molecule has 100 valence electrons. The van der Waals surface area contributed by atoms with Crippen LogP contribution in [-0.2, 0) is 14.3 Å². The van der Waals surface area contributed by atoms with Gasteiger partial charge in [-0.25, -0.2) is 4.79 Å². The molecule has 4 heteroatoms. The first-order valence-corrected chi connectivity index (χ1v) is 6.59. The Morgan fingerprint density at radius 3 is 2.47 bits per heavy atom. The zero-order valence-corrected chi connectivity index (χ0v) is 10.9. The lowest BCUT2D eigenvalue weighted by Gasteiger charge is -2.30. The predicted octanol–water partition coefficient (Wildman–Crippen LogP) is 2.46. The van der Waals surface area contributed by atoms with Gasteiger partial charge in [0.2, 0.25) is 0 Å². The molecule has 1 N–H and O–H groups in total. The third-order valence-corrected chi connectivity index (χ3v) is 3.32. The van der Waals surface area contributed by atoms with Gasteiger partial charge in [0, 0.05) is 12.5 Å². The van der Waals surface area contributed by atoms with Gasteiger partial charge in [0.15, 0.2) is 5.60 Å². The number of carbonyl (C=O) groups is 1. The number of rotatable bonds is 8. The highest BCUT2D eigenvalue weighted by Gasteiger charge is 2.38. The first-order chi connectivity index (χ1) is 8.14. The molecule has 1 heterocycles. The summed E-state index contributed by atoms with van der Waals surface area (Å²) in [7, 11) is 0. The summed E-state index contributed by atoms with van der Waals surface area (Å²) in [5, 5.41) is 9.40. The summed E-state index contributed by atoms with van der Waals surface area (Å²) in [5.74, 6) is -0.456. The Balaban J connectivity index is 2.56. The molecule has 1 saturated heterocycles. The van der Waals surface area contributed by atoms with E-state index in [1.165, 1.54) is 0 Å². The van der Waals surface area contributed by atoms with Crippen LogP contribution in [0.1, 0.15) is 46.0 Å². The molecule has 1 aliphatic rings. The highest BCUT2D eigenvalue weighted by molar-refractivity contribution is 5.77. The summed E-state index contributed by atoms with van der Waals surface area (Å²) in [4.78, 5) is 11.4. The van der Waals surface area contributed by atoms with Crippen molar-refractivity contribution in [2.24, 2.45) is 5.92 Å². The number of aliphatic carboxylic acids is 1. The molecule has 0 aromatic carbocycles. The minimum Gasteiger partial charge on any atom is -0.479 e. The minimum absolute atomic E-state index is 0.363. The Kier molecular flexibility index (Phi) is 5.92. The topological polar surface area (TPSA) is 55.8 Å². The molecule has 0 aliphatic carbocycles. The number of carboxylic acid groups (broad SMARTS) is 1. The van der Waals surface area contributed by atoms with Crippen molar-refractivity contribution in [3.8, 4) is 0 Å². The fourth-order valence-electron chi connectivity index (χ4n) is 2.34. The molecule has 0 radical (unpaired) electrons. The summed E-state index contributed by atoms with van der Waals surface area (Å²) in [6, 6.07) is 0. The van der Waals surface area contributed by atoms with E-state index in [9.17, 15) is 9.90 Å². The second-order valence-corrected chi connectivity index (χ2v) is 4.84. The molecular formula is C13H24O4. The van der Waals surface area contributed by atoms with E-state index in [1.807, 2.05) is 13.8 Å². The standard InChI is InChI=1S/C13H24O4/c1-3-6-13(7-4-2,12(14)15)17-10-11-5-8-16-9-11/h11H,3-10H2,1-2H3,(H,14,15). The third kappa shape index (κ3) is 3.96. The van der Waals surface area contributed by atoms with Crippen molar-refractivity contribution in [1.29, 1.82) is 0 Å². The van der Waals surface area contributed by atoms with Crippen LogP contribution < -0.4 is 0 Å². The average molecular weight is 244 g/mol. The molecule has 0 spiro atoms. The molecule has 0 saturated carbocycles. The van der Waals surface area contributed by atoms with Gasteiger partial charge in [-0.3, -0.25) is 0 Å². The Labute approximate surface area is 103 Å². The van der Waals surface area contributed by atoms with Gasteiger partial charge in [-0.2, -0.15) is 0 Å². The van der Waals surface area contributed by atoms with Crippen LogP contribution in [0, 0.1) is 5.92 Å². The summed E-state index contributed by atoms with van der Waals surface area (Å²) in [6.45, 7) is 5.97. The van der Waals surface area contributed by atoms with Gasteiger partial charge in [-0.15, -0.1) is 0 Å². The summed E-state index contributed by atoms with van der Waals surface area (Å²) < 4.78 is 11.1. The number of hydrogen-bond acceptors (Lipinski definition) is 3. The maximum Gasteiger partial charge on any atom is 0.335 e. The van der Waals surface area contributed by atoms with Gasteiger partial charge in [0.1, 0.15) is 0 Å². The van der Waals surface area contributed by atoms with Crippen molar-refractivity contribution in [1.82, 2.24) is 0 Å². The van der Waals surface area contributed by atoms with E-state index in [2.05, 4.69) is 0 Å². The van der Waals surface area contributed by atoms with E-state index < -0.39 is 11.6 Å². The molecule has 0 amide bonds. The van der Waals surface area contributed by atoms with E-state index in [1.54, 1.807) is 0 Å². The van der Waals surface area contributed by atoms with Crippen LogP contribution in [0.15, 0.2) is 0 Å². The van der Waals surface area contributed by atoms with Gasteiger partial charge in [-0.05, 0) is 19.3 Å². The lowest BCUT2D eigenvalue weighted by molar-refractivity contribution is -0.170. The molecule has 4 nitrogen and oxygen atoms in total. The minimum atomic E-state index is -0.980. The fraction of sp³-hybridized carbons (Fsp3) is 0.923. The van der Waals surface area contributed by atoms with Crippen LogP contribution >= 0.6 is 0 Å². The first kappa shape index (κ1) is 14.5. The maximum atomic E-state index is 11.4. The fourth-order valence-corrected chi connectivity index (χ4v) is 2.34. The van der Waals surface area contributed by atoms with Crippen LogP contribution in [0.4, 0.5) is 0 Å². The largest absolute Gasteiger partial charge is 0.479 e. The SMILES string of the molecule is CCCC(CCC)(OCC1CCOC1)C(=O)O. The quantitative estimate of drug-likeness (QED) is 0.712. The van der Waals surface area contributed by atoms with Crippen LogP contribution in [0.25, 0.3) is 0 Å². The Hall–Kier alpha value is -0.610. The smallest absolute Gasteiger partial charge is 0.335 e. The predicted molar refractivity (Wildman–Crippen MR) is 65.1 cm³/mol. The van der Waals surface area contributed by atoms with Crippen LogP contribution in [0.5, 0.6) is 0 Å². The Morgan fingerprint density at radius 1 is 1.41 bits per heavy atom. The van der Waals surface area contributed by atoms with Crippen molar-refractivity contribution < 1.29 is 19.4 Å². The van der Waals surface area contributed by atoms with Gasteiger partial charge in [-0.1, -0.05) is 26.7 Å². The zero-order valence-electron chi connectivity index (χ0n) is 10.9. The number of ether oxygens (including phenoxy) is 2. The Bertz CT molecular complexity index is 228. The van der Waals surface area contributed by atoms with E-state index in [-0.39, 0.29) is 0 Å². The highest BCUT2D eigenvalue weighted by Crippen LogP contribution is 2.27. The highest BCUT2D eigenvalue weighted by atomic mass is 16.5. The summed E-state index contributed by atoms with van der Waals surface area (Å²) >= 11 is 0. The van der Waals surface area contributed by atoms with E-state index in [0.29, 0.717) is 32.0 Å². The molecule has 1 aliphatic heterocycles. The molecule has 1 unspecified atom stereocenters. The first-order valence-electron chi connectivity index (χ1n) is 6.59. The van der Waals surface area contributed by atoms with Gasteiger partial charge in [0.25, 0.3) is 0 Å². The molecular weight excluding hydrogens is 220 g/mol. The molecule has 0 aromatic heterocycles. The third-order valence-electron chi connectivity index (χ3n) is 3.32. The lowest BCUT2D eigenvalue weighted by atomic mass is 9.92. The monoisotopic (exact) mass is 244 g/mol. The van der Waals surface area contributed by atoms with Crippen LogP contribution in [0.3, 0.4) is 0 Å². The molecule has 0 aromatic rings. The molecule has 1 fully saturated rings. The summed E-state index contributed by atoms with van der Waals surface area (Å²) in [6.07, 6.45) is 3.81. The van der Waals surface area contributed by atoms with Crippen molar-refractivity contribution in [3.63, 3.8) is 0 Å². The van der Waals surface area contributed by atoms with E-state index in [4.69, 9.17) is 9.47 Å². The second-order valence-electron chi connectivity index (χ2n) is 4.84. The summed E-state index contributed by atoms with van der Waals surface area (Å²) in [5.41, 5.74) is -0.980. The van der Waals surface area contributed by atoms with Crippen LogP contribution in [-0.4, -0.2) is 36.5 Å². The van der Waals surface area contributed by atoms with E-state index in [0.717, 1.165) is 25.9 Å². The van der Waals surface area contributed by atoms with Gasteiger partial charge in [0.05, 0.1) is 13.2 Å². The van der Waals surface area contributed by atoms with E-state index >= 15 is 0 Å². The average Bonchev–Trinajstić information content (AvgIpc) is 2.79. The van der Waals surface area contributed by atoms with Crippen LogP contribution in [0.2, 0.25) is 0 Å². The molecule has 0 bridgehead atoms. The lowest BCUT2D eigenvalue weighted by Crippen LogP contribution is -2.42. The number of carboxylic acids is 1. The van der Waals surface area contributed by atoms with Crippen molar-refractivity contribution in [2.45, 2.75) is 51.6 Å². The normalized spacial score (nSPS) is 20.7. The van der Waals surface area contributed by atoms with Crippen molar-refractivity contribution >= 4 is 5.97 Å². The molecule has 17 heavy (non-hydrogen) atoms. The van der Waals surface area contributed by atoms with Gasteiger partial charge < -0.3 is 14.6 Å². The maximum absolute atomic E-state index is 11.4. The molecule has 1 atom stereocenters. The zero-order chi connectivity index (χ0) is 12.7. The molecule has 1 rings (SSSR count).